The first-order valence-electron chi connectivity index (χ1n) is 7.48. The molecule has 1 fully saturated rings. The van der Waals surface area contributed by atoms with Crippen LogP contribution in [0.25, 0.3) is 0 Å². The third-order valence-electron chi connectivity index (χ3n) is 3.54. The molecule has 0 saturated carbocycles. The number of carboxylic acid groups (broad SMARTS) is 1. The molecule has 7 heteroatoms. The van der Waals surface area contributed by atoms with Gasteiger partial charge in [-0.2, -0.15) is 0 Å². The van der Waals surface area contributed by atoms with Crippen LogP contribution in [0.4, 0.5) is 4.79 Å². The quantitative estimate of drug-likeness (QED) is 0.791. The molecule has 0 spiro atoms. The molecule has 2 rings (SSSR count). The zero-order valence-corrected chi connectivity index (χ0v) is 12.8. The van der Waals surface area contributed by atoms with E-state index >= 15 is 0 Å². The van der Waals surface area contributed by atoms with Gasteiger partial charge in [0.05, 0.1) is 26.2 Å². The second-order valence-electron chi connectivity index (χ2n) is 5.39. The number of nitrogens with one attached hydrogen (secondary N) is 1. The molecule has 1 aliphatic rings. The average Bonchev–Trinajstić information content (AvgIpc) is 2.54. The van der Waals surface area contributed by atoms with Crippen molar-refractivity contribution in [1.29, 1.82) is 0 Å². The minimum absolute atomic E-state index is 0.159. The lowest BCUT2D eigenvalue weighted by Crippen LogP contribution is -2.47. The summed E-state index contributed by atoms with van der Waals surface area (Å²) in [6.45, 7) is 1.45. The van der Waals surface area contributed by atoms with Crippen molar-refractivity contribution in [3.05, 3.63) is 35.9 Å². The average molecular weight is 323 g/mol. The zero-order chi connectivity index (χ0) is 16.5. The predicted octanol–water partition coefficient (Wildman–Crippen LogP) is 1.56. The zero-order valence-electron chi connectivity index (χ0n) is 12.8. The Balaban J connectivity index is 1.73. The summed E-state index contributed by atoms with van der Waals surface area (Å²) >= 11 is 0. The molecule has 1 saturated heterocycles. The highest BCUT2D eigenvalue weighted by atomic mass is 16.6. The highest BCUT2D eigenvalue weighted by Gasteiger charge is 2.36. The van der Waals surface area contributed by atoms with E-state index < -0.39 is 17.7 Å². The molecule has 0 bridgehead atoms. The van der Waals surface area contributed by atoms with Gasteiger partial charge in [0.1, 0.15) is 12.2 Å². The number of benzene rings is 1. The Morgan fingerprint density at radius 1 is 1.26 bits per heavy atom. The number of carbonyl (C=O) groups excluding carboxylic acids is 1. The smallest absolute Gasteiger partial charge is 0.407 e. The third-order valence-corrected chi connectivity index (χ3v) is 3.54. The molecule has 1 heterocycles. The number of alkyl carbamates (subject to hydrolysis) is 1. The van der Waals surface area contributed by atoms with Crippen LogP contribution in [-0.4, -0.2) is 49.1 Å². The van der Waals surface area contributed by atoms with Crippen LogP contribution in [-0.2, 0) is 25.6 Å². The molecule has 1 atom stereocenters. The van der Waals surface area contributed by atoms with Crippen LogP contribution >= 0.6 is 0 Å². The fourth-order valence-electron chi connectivity index (χ4n) is 2.39. The third kappa shape index (κ3) is 5.88. The molecule has 2 N–H and O–H groups in total. The van der Waals surface area contributed by atoms with Gasteiger partial charge in [0.15, 0.2) is 0 Å². The van der Waals surface area contributed by atoms with Crippen LogP contribution < -0.4 is 5.32 Å². The molecule has 1 aromatic carbocycles. The highest BCUT2D eigenvalue weighted by molar-refractivity contribution is 5.68. The normalized spacial score (nSPS) is 20.7. The van der Waals surface area contributed by atoms with E-state index in [1.807, 2.05) is 30.3 Å². The lowest BCUT2D eigenvalue weighted by molar-refractivity contribution is -0.176. The van der Waals surface area contributed by atoms with Gasteiger partial charge < -0.3 is 24.6 Å². The monoisotopic (exact) mass is 323 g/mol. The van der Waals surface area contributed by atoms with E-state index in [1.165, 1.54) is 0 Å². The number of carbonyl (C=O) groups is 2. The summed E-state index contributed by atoms with van der Waals surface area (Å²) in [4.78, 5) is 22.6. The Kier molecular flexibility index (Phi) is 6.37. The maximum Gasteiger partial charge on any atom is 0.407 e. The minimum atomic E-state index is -0.956. The van der Waals surface area contributed by atoms with E-state index in [1.54, 1.807) is 0 Å². The van der Waals surface area contributed by atoms with Gasteiger partial charge in [0.25, 0.3) is 0 Å². The summed E-state index contributed by atoms with van der Waals surface area (Å²) in [6, 6.07) is 9.35. The molecule has 1 unspecified atom stereocenters. The molecule has 23 heavy (non-hydrogen) atoms. The first-order chi connectivity index (χ1) is 11.1. The second kappa shape index (κ2) is 8.50. The Hall–Kier alpha value is -2.12. The lowest BCUT2D eigenvalue weighted by Gasteiger charge is -2.36. The van der Waals surface area contributed by atoms with Gasteiger partial charge >= 0.3 is 12.1 Å². The van der Waals surface area contributed by atoms with Crippen molar-refractivity contribution in [3.8, 4) is 0 Å². The molecule has 1 amide bonds. The topological polar surface area (TPSA) is 94.1 Å². The number of rotatable bonds is 7. The van der Waals surface area contributed by atoms with Crippen LogP contribution in [0.1, 0.15) is 18.4 Å². The van der Waals surface area contributed by atoms with Crippen LogP contribution in [0.2, 0.25) is 0 Å². The van der Waals surface area contributed by atoms with E-state index in [0.717, 1.165) is 5.56 Å². The predicted molar refractivity (Wildman–Crippen MR) is 81.0 cm³/mol. The van der Waals surface area contributed by atoms with Crippen molar-refractivity contribution in [2.24, 2.45) is 0 Å². The Labute approximate surface area is 134 Å². The number of ether oxygens (including phenoxy) is 3. The Morgan fingerprint density at radius 3 is 2.70 bits per heavy atom. The van der Waals surface area contributed by atoms with E-state index in [-0.39, 0.29) is 26.2 Å². The van der Waals surface area contributed by atoms with Gasteiger partial charge in [-0.15, -0.1) is 0 Å². The van der Waals surface area contributed by atoms with E-state index in [4.69, 9.17) is 19.3 Å². The highest BCUT2D eigenvalue weighted by Crippen LogP contribution is 2.24. The van der Waals surface area contributed by atoms with Gasteiger partial charge in [0.2, 0.25) is 0 Å². The number of hydrogen-bond donors (Lipinski definition) is 2. The molecular weight excluding hydrogens is 302 g/mol. The van der Waals surface area contributed by atoms with Gasteiger partial charge in [-0.25, -0.2) is 4.79 Å². The summed E-state index contributed by atoms with van der Waals surface area (Å²) in [5.41, 5.74) is 0.00516. The second-order valence-corrected chi connectivity index (χ2v) is 5.39. The summed E-state index contributed by atoms with van der Waals surface area (Å²) in [5, 5.41) is 11.6. The SMILES string of the molecule is O=C(O)CC1(CCNC(=O)OCc2ccccc2)COCCO1. The summed E-state index contributed by atoms with van der Waals surface area (Å²) in [7, 11) is 0. The van der Waals surface area contributed by atoms with Gasteiger partial charge in [-0.1, -0.05) is 30.3 Å². The molecule has 1 aromatic rings. The number of amides is 1. The van der Waals surface area contributed by atoms with Crippen molar-refractivity contribution in [2.75, 3.05) is 26.4 Å². The number of carboxylic acids is 1. The number of aliphatic carboxylic acids is 1. The molecule has 0 aromatic heterocycles. The summed E-state index contributed by atoms with van der Waals surface area (Å²) in [5.74, 6) is -0.956. The van der Waals surface area contributed by atoms with Gasteiger partial charge in [0, 0.05) is 6.54 Å². The van der Waals surface area contributed by atoms with Crippen molar-refractivity contribution >= 4 is 12.1 Å². The summed E-state index contributed by atoms with van der Waals surface area (Å²) < 4.78 is 16.0. The number of hydrogen-bond acceptors (Lipinski definition) is 5. The minimum Gasteiger partial charge on any atom is -0.481 e. The fraction of sp³-hybridized carbons (Fsp3) is 0.500. The van der Waals surface area contributed by atoms with Crippen LogP contribution in [0.15, 0.2) is 30.3 Å². The molecule has 1 aliphatic heterocycles. The maximum atomic E-state index is 11.7. The molecule has 126 valence electrons. The Bertz CT molecular complexity index is 513. The summed E-state index contributed by atoms with van der Waals surface area (Å²) in [6.07, 6.45) is -0.357. The van der Waals surface area contributed by atoms with E-state index in [0.29, 0.717) is 19.6 Å². The fourth-order valence-corrected chi connectivity index (χ4v) is 2.39. The van der Waals surface area contributed by atoms with Crippen molar-refractivity contribution in [1.82, 2.24) is 5.32 Å². The van der Waals surface area contributed by atoms with Gasteiger partial charge in [-0.05, 0) is 12.0 Å². The van der Waals surface area contributed by atoms with Crippen LogP contribution in [0, 0.1) is 0 Å². The molecule has 0 radical (unpaired) electrons. The van der Waals surface area contributed by atoms with Crippen LogP contribution in [0.3, 0.4) is 0 Å². The first kappa shape index (κ1) is 17.2. The lowest BCUT2D eigenvalue weighted by atomic mass is 9.95. The van der Waals surface area contributed by atoms with Crippen molar-refractivity contribution < 1.29 is 28.9 Å². The van der Waals surface area contributed by atoms with Crippen molar-refractivity contribution in [2.45, 2.75) is 25.0 Å². The van der Waals surface area contributed by atoms with Crippen molar-refractivity contribution in [3.63, 3.8) is 0 Å². The standard InChI is InChI=1S/C16H21NO6/c18-14(19)10-16(12-21-8-9-23-16)6-7-17-15(20)22-11-13-4-2-1-3-5-13/h1-5H,6-12H2,(H,17,20)(H,18,19). The molecule has 0 aliphatic carbocycles. The maximum absolute atomic E-state index is 11.7. The first-order valence-corrected chi connectivity index (χ1v) is 7.48. The van der Waals surface area contributed by atoms with E-state index in [9.17, 15) is 9.59 Å². The largest absolute Gasteiger partial charge is 0.481 e. The molecular formula is C16H21NO6. The molecule has 7 nitrogen and oxygen atoms in total. The van der Waals surface area contributed by atoms with Crippen LogP contribution in [0.5, 0.6) is 0 Å². The Morgan fingerprint density at radius 2 is 2.04 bits per heavy atom. The van der Waals surface area contributed by atoms with E-state index in [2.05, 4.69) is 5.32 Å². The van der Waals surface area contributed by atoms with Gasteiger partial charge in [-0.3, -0.25) is 4.79 Å².